The highest BCUT2D eigenvalue weighted by Crippen LogP contribution is 2.26. The van der Waals surface area contributed by atoms with E-state index in [0.29, 0.717) is 22.7 Å². The maximum Gasteiger partial charge on any atom is 0.244 e. The molecule has 2 aromatic rings. The zero-order valence-corrected chi connectivity index (χ0v) is 23.0. The normalized spacial score (nSPS) is 14.9. The molecule has 2 aromatic carbocycles. The zero-order valence-electron chi connectivity index (χ0n) is 21.5. The number of anilines is 1. The number of aryl methyl sites for hydroxylation is 2. The van der Waals surface area contributed by atoms with Crippen LogP contribution in [0.3, 0.4) is 0 Å². The number of nitrogens with zero attached hydrogens (tertiary/aromatic N) is 2. The Balaban J connectivity index is 1.94. The maximum atomic E-state index is 13.8. The second kappa shape index (κ2) is 12.1. The Morgan fingerprint density at radius 3 is 2.39 bits per heavy atom. The van der Waals surface area contributed by atoms with Gasteiger partial charge in [-0.05, 0) is 62.4 Å². The van der Waals surface area contributed by atoms with E-state index in [-0.39, 0.29) is 18.5 Å². The molecule has 1 aliphatic carbocycles. The molecule has 0 aliphatic heterocycles. The summed E-state index contributed by atoms with van der Waals surface area (Å²) in [6, 6.07) is 12.0. The van der Waals surface area contributed by atoms with Crippen molar-refractivity contribution in [3.8, 4) is 0 Å². The van der Waals surface area contributed by atoms with Crippen LogP contribution in [0.2, 0.25) is 5.02 Å². The monoisotopic (exact) mass is 533 g/mol. The molecular weight excluding hydrogens is 498 g/mol. The van der Waals surface area contributed by atoms with E-state index in [9.17, 15) is 18.0 Å². The molecule has 0 unspecified atom stereocenters. The summed E-state index contributed by atoms with van der Waals surface area (Å²) in [5.74, 6) is -0.635. The van der Waals surface area contributed by atoms with Crippen LogP contribution in [0.25, 0.3) is 0 Å². The predicted octanol–water partition coefficient (Wildman–Crippen LogP) is 4.59. The molecule has 9 heteroatoms. The van der Waals surface area contributed by atoms with Crippen molar-refractivity contribution in [1.29, 1.82) is 0 Å². The molecule has 0 aromatic heterocycles. The molecule has 0 radical (unpaired) electrons. The van der Waals surface area contributed by atoms with Gasteiger partial charge in [-0.15, -0.1) is 0 Å². The molecule has 196 valence electrons. The number of amides is 2. The van der Waals surface area contributed by atoms with E-state index in [2.05, 4.69) is 5.32 Å². The highest BCUT2D eigenvalue weighted by atomic mass is 35.5. The fourth-order valence-corrected chi connectivity index (χ4v) is 5.92. The standard InChI is InChI=1S/C27H36ClN3O4S/c1-5-24(27(33)29-23-11-6-7-12-23)30(17-21-10-8-9-19(2)15-21)26(32)18-31(36(4,34)35)25-14-13-22(28)16-20(25)3/h8-10,13-16,23-24H,5-7,11-12,17-18H2,1-4H3,(H,29,33)/t24-/m0/s1. The van der Waals surface area contributed by atoms with Crippen molar-refractivity contribution < 1.29 is 18.0 Å². The van der Waals surface area contributed by atoms with E-state index >= 15 is 0 Å². The van der Waals surface area contributed by atoms with Crippen LogP contribution in [0, 0.1) is 13.8 Å². The molecule has 1 fully saturated rings. The van der Waals surface area contributed by atoms with Gasteiger partial charge in [0.05, 0.1) is 11.9 Å². The van der Waals surface area contributed by atoms with E-state index < -0.39 is 28.5 Å². The Bertz CT molecular complexity index is 1200. The van der Waals surface area contributed by atoms with E-state index in [1.807, 2.05) is 38.1 Å². The molecule has 1 aliphatic rings. The number of carbonyl (C=O) groups is 2. The topological polar surface area (TPSA) is 86.8 Å². The first kappa shape index (κ1) is 28.0. The minimum absolute atomic E-state index is 0.117. The smallest absolute Gasteiger partial charge is 0.244 e. The zero-order chi connectivity index (χ0) is 26.5. The molecule has 0 saturated heterocycles. The lowest BCUT2D eigenvalue weighted by Crippen LogP contribution is -2.53. The SMILES string of the molecule is CC[C@@H](C(=O)NC1CCCC1)N(Cc1cccc(C)c1)C(=O)CN(c1ccc(Cl)cc1C)S(C)(=O)=O. The molecule has 1 atom stereocenters. The highest BCUT2D eigenvalue weighted by Gasteiger charge is 2.33. The predicted molar refractivity (Wildman–Crippen MR) is 145 cm³/mol. The van der Waals surface area contributed by atoms with Gasteiger partial charge in [0.2, 0.25) is 21.8 Å². The second-order valence-electron chi connectivity index (χ2n) is 9.63. The second-order valence-corrected chi connectivity index (χ2v) is 12.0. The van der Waals surface area contributed by atoms with Crippen molar-refractivity contribution in [2.75, 3.05) is 17.1 Å². The van der Waals surface area contributed by atoms with Crippen molar-refractivity contribution in [3.05, 3.63) is 64.2 Å². The summed E-state index contributed by atoms with van der Waals surface area (Å²) in [5, 5.41) is 3.59. The Morgan fingerprint density at radius 1 is 1.11 bits per heavy atom. The van der Waals surface area contributed by atoms with Gasteiger partial charge in [0.25, 0.3) is 0 Å². The number of hydrogen-bond acceptors (Lipinski definition) is 4. The van der Waals surface area contributed by atoms with E-state index in [1.165, 1.54) is 4.90 Å². The largest absolute Gasteiger partial charge is 0.352 e. The lowest BCUT2D eigenvalue weighted by molar-refractivity contribution is -0.140. The summed E-state index contributed by atoms with van der Waals surface area (Å²) in [7, 11) is -3.79. The van der Waals surface area contributed by atoms with Crippen molar-refractivity contribution in [2.24, 2.45) is 0 Å². The van der Waals surface area contributed by atoms with Crippen LogP contribution in [0.4, 0.5) is 5.69 Å². The summed E-state index contributed by atoms with van der Waals surface area (Å²) >= 11 is 6.07. The number of sulfonamides is 1. The van der Waals surface area contributed by atoms with E-state index in [1.54, 1.807) is 25.1 Å². The average molecular weight is 534 g/mol. The first-order valence-electron chi connectivity index (χ1n) is 12.4. The lowest BCUT2D eigenvalue weighted by Gasteiger charge is -2.33. The van der Waals surface area contributed by atoms with Gasteiger partial charge in [-0.25, -0.2) is 8.42 Å². The average Bonchev–Trinajstić information content (AvgIpc) is 3.30. The fourth-order valence-electron chi connectivity index (χ4n) is 4.79. The Labute approximate surface area is 219 Å². The van der Waals surface area contributed by atoms with Crippen LogP contribution in [0.1, 0.15) is 55.7 Å². The molecule has 36 heavy (non-hydrogen) atoms. The third-order valence-electron chi connectivity index (χ3n) is 6.63. The van der Waals surface area contributed by atoms with Crippen LogP contribution in [-0.4, -0.2) is 50.0 Å². The highest BCUT2D eigenvalue weighted by molar-refractivity contribution is 7.92. The van der Waals surface area contributed by atoms with Gasteiger partial charge < -0.3 is 10.2 Å². The Morgan fingerprint density at radius 2 is 1.81 bits per heavy atom. The van der Waals surface area contributed by atoms with E-state index in [4.69, 9.17) is 11.6 Å². The first-order chi connectivity index (χ1) is 17.0. The Kier molecular flexibility index (Phi) is 9.41. The molecule has 7 nitrogen and oxygen atoms in total. The van der Waals surface area contributed by atoms with Crippen LogP contribution in [0.15, 0.2) is 42.5 Å². The van der Waals surface area contributed by atoms with E-state index in [0.717, 1.165) is 47.4 Å². The van der Waals surface area contributed by atoms with Gasteiger partial charge in [0.15, 0.2) is 0 Å². The molecule has 0 bridgehead atoms. The lowest BCUT2D eigenvalue weighted by atomic mass is 10.1. The molecule has 0 heterocycles. The number of benzene rings is 2. The van der Waals surface area contributed by atoms with Crippen molar-refractivity contribution >= 4 is 39.1 Å². The maximum absolute atomic E-state index is 13.8. The summed E-state index contributed by atoms with van der Waals surface area (Å²) in [5.41, 5.74) is 2.94. The molecule has 0 spiro atoms. The number of rotatable bonds is 10. The van der Waals surface area contributed by atoms with Gasteiger partial charge >= 0.3 is 0 Å². The minimum Gasteiger partial charge on any atom is -0.352 e. The van der Waals surface area contributed by atoms with Gasteiger partial charge in [0, 0.05) is 17.6 Å². The minimum atomic E-state index is -3.79. The van der Waals surface area contributed by atoms with Crippen molar-refractivity contribution in [2.45, 2.75) is 71.5 Å². The third-order valence-corrected chi connectivity index (χ3v) is 7.99. The quantitative estimate of drug-likeness (QED) is 0.484. The summed E-state index contributed by atoms with van der Waals surface area (Å²) in [6.07, 6.45) is 5.52. The molecule has 2 amide bonds. The molecular formula is C27H36ClN3O4S. The molecule has 1 N–H and O–H groups in total. The first-order valence-corrected chi connectivity index (χ1v) is 14.6. The summed E-state index contributed by atoms with van der Waals surface area (Å²) < 4.78 is 26.6. The van der Waals surface area contributed by atoms with Gasteiger partial charge in [-0.1, -0.05) is 61.2 Å². The number of hydrogen-bond donors (Lipinski definition) is 1. The number of halogens is 1. The van der Waals surface area contributed by atoms with Crippen molar-refractivity contribution in [3.63, 3.8) is 0 Å². The van der Waals surface area contributed by atoms with Crippen LogP contribution >= 0.6 is 11.6 Å². The van der Waals surface area contributed by atoms with Crippen LogP contribution in [-0.2, 0) is 26.2 Å². The van der Waals surface area contributed by atoms with Gasteiger partial charge in [0.1, 0.15) is 12.6 Å². The third kappa shape index (κ3) is 7.23. The number of carbonyl (C=O) groups excluding carboxylic acids is 2. The fraction of sp³-hybridized carbons (Fsp3) is 0.481. The van der Waals surface area contributed by atoms with Crippen LogP contribution in [0.5, 0.6) is 0 Å². The molecule has 1 saturated carbocycles. The molecule has 3 rings (SSSR count). The summed E-state index contributed by atoms with van der Waals surface area (Å²) in [4.78, 5) is 28.6. The van der Waals surface area contributed by atoms with Gasteiger partial charge in [-0.3, -0.25) is 13.9 Å². The van der Waals surface area contributed by atoms with Gasteiger partial charge in [-0.2, -0.15) is 0 Å². The Hall–Kier alpha value is -2.58. The summed E-state index contributed by atoms with van der Waals surface area (Å²) in [6.45, 7) is 5.37. The number of nitrogens with one attached hydrogen (secondary N) is 1. The van der Waals surface area contributed by atoms with Crippen LogP contribution < -0.4 is 9.62 Å². The van der Waals surface area contributed by atoms with Crippen molar-refractivity contribution in [1.82, 2.24) is 10.2 Å².